The second-order valence-electron chi connectivity index (χ2n) is 6.69. The van der Waals surface area contributed by atoms with Crippen molar-refractivity contribution < 1.29 is 9.53 Å². The van der Waals surface area contributed by atoms with Crippen LogP contribution in [0.2, 0.25) is 0 Å². The van der Waals surface area contributed by atoms with Crippen LogP contribution in [0.1, 0.15) is 16.2 Å². The number of rotatable bonds is 6. The summed E-state index contributed by atoms with van der Waals surface area (Å²) in [4.78, 5) is 25.7. The molecule has 0 atom stereocenters. The van der Waals surface area contributed by atoms with Gasteiger partial charge in [-0.25, -0.2) is 4.98 Å². The third-order valence-corrected chi connectivity index (χ3v) is 5.77. The average molecular weight is 410 g/mol. The summed E-state index contributed by atoms with van der Waals surface area (Å²) < 4.78 is 5.23. The van der Waals surface area contributed by atoms with Crippen molar-refractivity contribution >= 4 is 28.1 Å². The van der Waals surface area contributed by atoms with Crippen LogP contribution in [0.15, 0.2) is 54.0 Å². The quantitative estimate of drug-likeness (QED) is 0.675. The lowest BCUT2D eigenvalue weighted by Gasteiger charge is -2.36. The van der Waals surface area contributed by atoms with E-state index in [4.69, 9.17) is 4.74 Å². The zero-order valence-electron chi connectivity index (χ0n) is 16.2. The van der Waals surface area contributed by atoms with E-state index >= 15 is 0 Å². The summed E-state index contributed by atoms with van der Waals surface area (Å²) >= 11 is 1.51. The molecule has 29 heavy (non-hydrogen) atoms. The first-order valence-corrected chi connectivity index (χ1v) is 10.4. The summed E-state index contributed by atoms with van der Waals surface area (Å²) in [6, 6.07) is 13.8. The Morgan fingerprint density at radius 2 is 1.86 bits per heavy atom. The largest absolute Gasteiger partial charge is 0.497 e. The Morgan fingerprint density at radius 1 is 1.10 bits per heavy atom. The zero-order chi connectivity index (χ0) is 20.1. The highest BCUT2D eigenvalue weighted by molar-refractivity contribution is 7.13. The topological polar surface area (TPSA) is 70.6 Å². The van der Waals surface area contributed by atoms with Gasteiger partial charge in [-0.1, -0.05) is 6.07 Å². The summed E-state index contributed by atoms with van der Waals surface area (Å²) in [5, 5.41) is 5.58. The van der Waals surface area contributed by atoms with Crippen molar-refractivity contribution in [1.29, 1.82) is 0 Å². The highest BCUT2D eigenvalue weighted by Gasteiger charge is 2.21. The molecule has 150 valence electrons. The van der Waals surface area contributed by atoms with E-state index in [2.05, 4.69) is 37.2 Å². The number of thiazole rings is 1. The standard InChI is InChI=1S/C21H23N5O2S/c1-28-18-7-5-17(6-8-18)25-10-12-26(13-11-25)21-24-19(15-29-21)20(27)23-14-16-4-2-3-9-22-16/h2-9,15H,10-14H2,1H3,(H,23,27). The Morgan fingerprint density at radius 3 is 2.55 bits per heavy atom. The molecule has 2 aromatic heterocycles. The van der Waals surface area contributed by atoms with Crippen molar-refractivity contribution in [2.45, 2.75) is 6.54 Å². The lowest BCUT2D eigenvalue weighted by atomic mass is 10.2. The van der Waals surface area contributed by atoms with Crippen molar-refractivity contribution in [3.8, 4) is 5.75 Å². The summed E-state index contributed by atoms with van der Waals surface area (Å²) in [6.07, 6.45) is 1.72. The molecule has 0 radical (unpaired) electrons. The molecule has 3 aromatic rings. The molecule has 1 aliphatic rings. The fourth-order valence-electron chi connectivity index (χ4n) is 3.23. The molecule has 0 saturated carbocycles. The maximum Gasteiger partial charge on any atom is 0.271 e. The SMILES string of the molecule is COc1ccc(N2CCN(c3nc(C(=O)NCc4ccccn4)cs3)CC2)cc1. The normalized spacial score (nSPS) is 14.0. The Bertz CT molecular complexity index is 937. The predicted octanol–water partition coefficient (Wildman–Crippen LogP) is 2.80. The summed E-state index contributed by atoms with van der Waals surface area (Å²) in [5.74, 6) is 0.694. The molecule has 0 spiro atoms. The Kier molecular flexibility index (Phi) is 5.90. The number of aromatic nitrogens is 2. The van der Waals surface area contributed by atoms with E-state index < -0.39 is 0 Å². The molecule has 3 heterocycles. The van der Waals surface area contributed by atoms with E-state index in [1.807, 2.05) is 35.7 Å². The van der Waals surface area contributed by atoms with Gasteiger partial charge in [0.15, 0.2) is 5.13 Å². The van der Waals surface area contributed by atoms with Crippen LogP contribution in [-0.2, 0) is 6.54 Å². The third-order valence-electron chi connectivity index (χ3n) is 4.87. The molecule has 0 aliphatic carbocycles. The van der Waals surface area contributed by atoms with Gasteiger partial charge in [0.1, 0.15) is 11.4 Å². The zero-order valence-corrected chi connectivity index (χ0v) is 17.1. The van der Waals surface area contributed by atoms with Crippen LogP contribution < -0.4 is 19.9 Å². The maximum absolute atomic E-state index is 12.4. The second kappa shape index (κ2) is 8.91. The molecule has 1 N–H and O–H groups in total. The van der Waals surface area contributed by atoms with Crippen molar-refractivity contribution in [1.82, 2.24) is 15.3 Å². The number of benzene rings is 1. The number of anilines is 2. The van der Waals surface area contributed by atoms with Gasteiger partial charge >= 0.3 is 0 Å². The Labute approximate surface area is 174 Å². The minimum Gasteiger partial charge on any atom is -0.497 e. The summed E-state index contributed by atoms with van der Waals surface area (Å²) in [6.45, 7) is 3.95. The van der Waals surface area contributed by atoms with Gasteiger partial charge in [-0.3, -0.25) is 9.78 Å². The number of methoxy groups -OCH3 is 1. The van der Waals surface area contributed by atoms with E-state index in [-0.39, 0.29) is 5.91 Å². The molecule has 0 unspecified atom stereocenters. The van der Waals surface area contributed by atoms with E-state index in [0.29, 0.717) is 12.2 Å². The summed E-state index contributed by atoms with van der Waals surface area (Å²) in [5.41, 5.74) is 2.48. The fraction of sp³-hybridized carbons (Fsp3) is 0.286. The van der Waals surface area contributed by atoms with Crippen LogP contribution in [0.4, 0.5) is 10.8 Å². The van der Waals surface area contributed by atoms with Gasteiger partial charge in [-0.05, 0) is 36.4 Å². The van der Waals surface area contributed by atoms with Crippen LogP contribution in [0.5, 0.6) is 5.75 Å². The predicted molar refractivity (Wildman–Crippen MR) is 115 cm³/mol. The molecular weight excluding hydrogens is 386 g/mol. The Balaban J connectivity index is 1.31. The molecule has 4 rings (SSSR count). The van der Waals surface area contributed by atoms with Gasteiger partial charge in [0, 0.05) is 43.4 Å². The highest BCUT2D eigenvalue weighted by Crippen LogP contribution is 2.25. The number of hydrogen-bond donors (Lipinski definition) is 1. The average Bonchev–Trinajstić information content (AvgIpc) is 3.29. The lowest BCUT2D eigenvalue weighted by Crippen LogP contribution is -2.46. The molecule has 8 heteroatoms. The van der Waals surface area contributed by atoms with Gasteiger partial charge in [-0.15, -0.1) is 11.3 Å². The number of piperazine rings is 1. The van der Waals surface area contributed by atoms with Crippen LogP contribution in [0, 0.1) is 0 Å². The minimum absolute atomic E-state index is 0.171. The van der Waals surface area contributed by atoms with Crippen molar-refractivity contribution in [3.05, 3.63) is 65.4 Å². The maximum atomic E-state index is 12.4. The smallest absolute Gasteiger partial charge is 0.271 e. The molecule has 1 fully saturated rings. The first-order valence-electron chi connectivity index (χ1n) is 9.50. The van der Waals surface area contributed by atoms with Gasteiger partial charge in [-0.2, -0.15) is 0 Å². The number of hydrogen-bond acceptors (Lipinski definition) is 7. The number of carbonyl (C=O) groups excluding carboxylic acids is 1. The summed E-state index contributed by atoms with van der Waals surface area (Å²) in [7, 11) is 1.68. The molecule has 7 nitrogen and oxygen atoms in total. The number of amides is 1. The van der Waals surface area contributed by atoms with E-state index in [1.54, 1.807) is 13.3 Å². The molecule has 1 amide bonds. The third kappa shape index (κ3) is 4.65. The molecule has 1 aliphatic heterocycles. The van der Waals surface area contributed by atoms with E-state index in [1.165, 1.54) is 17.0 Å². The van der Waals surface area contributed by atoms with E-state index in [9.17, 15) is 4.79 Å². The van der Waals surface area contributed by atoms with Gasteiger partial charge in [0.25, 0.3) is 5.91 Å². The molecule has 1 saturated heterocycles. The van der Waals surface area contributed by atoms with Gasteiger partial charge in [0.2, 0.25) is 0 Å². The monoisotopic (exact) mass is 409 g/mol. The number of carbonyl (C=O) groups is 1. The first kappa shape index (κ1) is 19.2. The Hall–Kier alpha value is -3.13. The van der Waals surface area contributed by atoms with Crippen molar-refractivity contribution in [2.75, 3.05) is 43.1 Å². The lowest BCUT2D eigenvalue weighted by molar-refractivity contribution is 0.0946. The van der Waals surface area contributed by atoms with Crippen LogP contribution in [0.3, 0.4) is 0 Å². The highest BCUT2D eigenvalue weighted by atomic mass is 32.1. The number of nitrogens with zero attached hydrogens (tertiary/aromatic N) is 4. The minimum atomic E-state index is -0.171. The van der Waals surface area contributed by atoms with Crippen LogP contribution in [0.25, 0.3) is 0 Å². The van der Waals surface area contributed by atoms with E-state index in [0.717, 1.165) is 42.8 Å². The number of pyridine rings is 1. The first-order chi connectivity index (χ1) is 14.2. The fourth-order valence-corrected chi connectivity index (χ4v) is 4.09. The number of ether oxygens (including phenoxy) is 1. The van der Waals surface area contributed by atoms with Gasteiger partial charge in [0.05, 0.1) is 19.3 Å². The molecule has 1 aromatic carbocycles. The van der Waals surface area contributed by atoms with Crippen LogP contribution in [-0.4, -0.2) is 49.2 Å². The molecular formula is C21H23N5O2S. The van der Waals surface area contributed by atoms with Crippen molar-refractivity contribution in [3.63, 3.8) is 0 Å². The number of nitrogens with one attached hydrogen (secondary N) is 1. The van der Waals surface area contributed by atoms with Crippen LogP contribution >= 0.6 is 11.3 Å². The van der Waals surface area contributed by atoms with Crippen molar-refractivity contribution in [2.24, 2.45) is 0 Å². The second-order valence-corrected chi connectivity index (χ2v) is 7.53. The molecule has 0 bridgehead atoms. The van der Waals surface area contributed by atoms with Gasteiger partial charge < -0.3 is 19.9 Å².